The van der Waals surface area contributed by atoms with Gasteiger partial charge in [0.1, 0.15) is 0 Å². The van der Waals surface area contributed by atoms with Crippen molar-refractivity contribution in [2.75, 3.05) is 5.32 Å². The number of carboxylic acid groups (broad SMARTS) is 1. The topological polar surface area (TPSA) is 75.1 Å². The van der Waals surface area contributed by atoms with Gasteiger partial charge in [-0.2, -0.15) is 5.10 Å². The number of aromatic nitrogens is 2. The van der Waals surface area contributed by atoms with Crippen LogP contribution in [-0.4, -0.2) is 27.3 Å². The van der Waals surface area contributed by atoms with Crippen LogP contribution >= 0.6 is 0 Å². The number of benzene rings is 1. The van der Waals surface area contributed by atoms with Crippen LogP contribution < -0.4 is 5.32 Å². The fourth-order valence-corrected chi connectivity index (χ4v) is 2.95. The first-order valence-electron chi connectivity index (χ1n) is 6.88. The lowest BCUT2D eigenvalue weighted by atomic mass is 10.0. The van der Waals surface area contributed by atoms with Crippen LogP contribution in [0.15, 0.2) is 24.3 Å². The first-order valence-corrected chi connectivity index (χ1v) is 6.88. The Morgan fingerprint density at radius 2 is 2.00 bits per heavy atom. The Labute approximate surface area is 117 Å². The minimum atomic E-state index is -0.732. The number of aryl methyl sites for hydroxylation is 1. The molecule has 0 saturated heterocycles. The SMILES string of the molecule is Cc1nnc(NC2CCCC2C(=O)O)c2ccccc12. The molecule has 20 heavy (non-hydrogen) atoms. The first-order chi connectivity index (χ1) is 9.66. The van der Waals surface area contributed by atoms with Crippen LogP contribution in [0.2, 0.25) is 0 Å². The molecule has 1 heterocycles. The van der Waals surface area contributed by atoms with Crippen molar-refractivity contribution in [2.24, 2.45) is 5.92 Å². The zero-order valence-electron chi connectivity index (χ0n) is 11.3. The van der Waals surface area contributed by atoms with Gasteiger partial charge in [0.05, 0.1) is 11.6 Å². The maximum Gasteiger partial charge on any atom is 0.308 e. The number of hydrogen-bond donors (Lipinski definition) is 2. The van der Waals surface area contributed by atoms with Crippen molar-refractivity contribution in [1.29, 1.82) is 0 Å². The summed E-state index contributed by atoms with van der Waals surface area (Å²) in [6.45, 7) is 1.93. The van der Waals surface area contributed by atoms with E-state index >= 15 is 0 Å². The number of aliphatic carboxylic acids is 1. The number of rotatable bonds is 3. The first kappa shape index (κ1) is 12.8. The monoisotopic (exact) mass is 271 g/mol. The summed E-state index contributed by atoms with van der Waals surface area (Å²) in [5.41, 5.74) is 0.882. The van der Waals surface area contributed by atoms with Crippen molar-refractivity contribution in [1.82, 2.24) is 10.2 Å². The quantitative estimate of drug-likeness (QED) is 0.897. The summed E-state index contributed by atoms with van der Waals surface area (Å²) >= 11 is 0. The van der Waals surface area contributed by atoms with Gasteiger partial charge >= 0.3 is 5.97 Å². The molecule has 1 aromatic carbocycles. The predicted octanol–water partition coefficient (Wildman–Crippen LogP) is 2.60. The van der Waals surface area contributed by atoms with Gasteiger partial charge in [0.25, 0.3) is 0 Å². The molecule has 2 unspecified atom stereocenters. The Hall–Kier alpha value is -2.17. The third-order valence-electron chi connectivity index (χ3n) is 4.03. The zero-order valence-corrected chi connectivity index (χ0v) is 11.3. The largest absolute Gasteiger partial charge is 0.481 e. The Morgan fingerprint density at radius 3 is 2.75 bits per heavy atom. The average molecular weight is 271 g/mol. The van der Waals surface area contributed by atoms with Gasteiger partial charge in [-0.05, 0) is 19.8 Å². The molecule has 0 spiro atoms. The number of anilines is 1. The van der Waals surface area contributed by atoms with E-state index in [4.69, 9.17) is 0 Å². The Balaban J connectivity index is 1.95. The number of nitrogens with zero attached hydrogens (tertiary/aromatic N) is 2. The van der Waals surface area contributed by atoms with E-state index in [1.165, 1.54) is 0 Å². The lowest BCUT2D eigenvalue weighted by molar-refractivity contribution is -0.141. The highest BCUT2D eigenvalue weighted by Gasteiger charge is 2.33. The van der Waals surface area contributed by atoms with Crippen LogP contribution in [0.1, 0.15) is 25.0 Å². The van der Waals surface area contributed by atoms with Crippen LogP contribution in [-0.2, 0) is 4.79 Å². The van der Waals surface area contributed by atoms with E-state index in [1.807, 2.05) is 31.2 Å². The normalized spacial score (nSPS) is 22.1. The molecular weight excluding hydrogens is 254 g/mol. The van der Waals surface area contributed by atoms with Gasteiger partial charge in [0.2, 0.25) is 0 Å². The standard InChI is InChI=1S/C15H17N3O2/c1-9-10-5-2-3-6-11(10)14(18-17-9)16-13-8-4-7-12(13)15(19)20/h2-3,5-6,12-13H,4,7-8H2,1H3,(H,16,18)(H,19,20). The number of carboxylic acids is 1. The van der Waals surface area contributed by atoms with Crippen molar-refractivity contribution in [3.8, 4) is 0 Å². The minimum Gasteiger partial charge on any atom is -0.481 e. The van der Waals surface area contributed by atoms with Gasteiger partial charge in [-0.1, -0.05) is 30.7 Å². The third kappa shape index (κ3) is 2.19. The van der Waals surface area contributed by atoms with Crippen molar-refractivity contribution in [2.45, 2.75) is 32.2 Å². The zero-order chi connectivity index (χ0) is 14.1. The van der Waals surface area contributed by atoms with E-state index in [0.717, 1.165) is 35.7 Å². The van der Waals surface area contributed by atoms with Crippen LogP contribution in [0.4, 0.5) is 5.82 Å². The van der Waals surface area contributed by atoms with Crippen LogP contribution in [0.25, 0.3) is 10.8 Å². The fourth-order valence-electron chi connectivity index (χ4n) is 2.95. The molecule has 2 N–H and O–H groups in total. The van der Waals surface area contributed by atoms with E-state index in [2.05, 4.69) is 15.5 Å². The summed E-state index contributed by atoms with van der Waals surface area (Å²) in [4.78, 5) is 11.2. The maximum atomic E-state index is 11.2. The highest BCUT2D eigenvalue weighted by atomic mass is 16.4. The fraction of sp³-hybridized carbons (Fsp3) is 0.400. The highest BCUT2D eigenvalue weighted by molar-refractivity contribution is 5.93. The maximum absolute atomic E-state index is 11.2. The van der Waals surface area contributed by atoms with Gasteiger partial charge in [-0.3, -0.25) is 4.79 Å². The lowest BCUT2D eigenvalue weighted by Gasteiger charge is -2.19. The summed E-state index contributed by atoms with van der Waals surface area (Å²) in [7, 11) is 0. The van der Waals surface area contributed by atoms with Crippen molar-refractivity contribution in [3.63, 3.8) is 0 Å². The van der Waals surface area contributed by atoms with Gasteiger partial charge in [0.15, 0.2) is 5.82 Å². The second kappa shape index (κ2) is 5.07. The van der Waals surface area contributed by atoms with Gasteiger partial charge in [-0.25, -0.2) is 0 Å². The van der Waals surface area contributed by atoms with Crippen LogP contribution in [0.5, 0.6) is 0 Å². The molecule has 1 aliphatic carbocycles. The summed E-state index contributed by atoms with van der Waals surface area (Å²) in [5.74, 6) is -0.384. The predicted molar refractivity (Wildman–Crippen MR) is 76.7 cm³/mol. The summed E-state index contributed by atoms with van der Waals surface area (Å²) < 4.78 is 0. The van der Waals surface area contributed by atoms with Crippen LogP contribution in [0.3, 0.4) is 0 Å². The molecule has 1 saturated carbocycles. The van der Waals surface area contributed by atoms with Crippen molar-refractivity contribution >= 4 is 22.6 Å². The average Bonchev–Trinajstić information content (AvgIpc) is 2.91. The van der Waals surface area contributed by atoms with Gasteiger partial charge in [0, 0.05) is 16.8 Å². The third-order valence-corrected chi connectivity index (χ3v) is 4.03. The van der Waals surface area contributed by atoms with Crippen molar-refractivity contribution < 1.29 is 9.90 Å². The smallest absolute Gasteiger partial charge is 0.308 e. The second-order valence-electron chi connectivity index (χ2n) is 5.31. The highest BCUT2D eigenvalue weighted by Crippen LogP contribution is 2.30. The molecule has 0 radical (unpaired) electrons. The molecule has 1 fully saturated rings. The van der Waals surface area contributed by atoms with E-state index in [-0.39, 0.29) is 12.0 Å². The Kier molecular flexibility index (Phi) is 3.26. The molecule has 104 valence electrons. The second-order valence-corrected chi connectivity index (χ2v) is 5.31. The van der Waals surface area contributed by atoms with Gasteiger partial charge in [-0.15, -0.1) is 5.10 Å². The van der Waals surface area contributed by atoms with E-state index < -0.39 is 5.97 Å². The lowest BCUT2D eigenvalue weighted by Crippen LogP contribution is -2.30. The van der Waals surface area contributed by atoms with E-state index in [0.29, 0.717) is 5.82 Å². The number of nitrogens with one attached hydrogen (secondary N) is 1. The Morgan fingerprint density at radius 1 is 1.25 bits per heavy atom. The molecule has 5 heteroatoms. The Bertz CT molecular complexity index is 657. The number of carbonyl (C=O) groups is 1. The van der Waals surface area contributed by atoms with E-state index in [1.54, 1.807) is 0 Å². The van der Waals surface area contributed by atoms with E-state index in [9.17, 15) is 9.90 Å². The van der Waals surface area contributed by atoms with Crippen molar-refractivity contribution in [3.05, 3.63) is 30.0 Å². The molecule has 0 bridgehead atoms. The number of fused-ring (bicyclic) bond motifs is 1. The molecule has 3 rings (SSSR count). The summed E-state index contributed by atoms with van der Waals surface area (Å²) in [6, 6.07) is 7.86. The molecule has 1 aliphatic rings. The van der Waals surface area contributed by atoms with Gasteiger partial charge < -0.3 is 10.4 Å². The molecule has 1 aromatic heterocycles. The molecular formula is C15H17N3O2. The molecule has 5 nitrogen and oxygen atoms in total. The summed E-state index contributed by atoms with van der Waals surface area (Å²) in [5, 5.41) is 22.9. The molecule has 2 atom stereocenters. The number of hydrogen-bond acceptors (Lipinski definition) is 4. The molecule has 0 aliphatic heterocycles. The van der Waals surface area contributed by atoms with Crippen LogP contribution in [0, 0.1) is 12.8 Å². The molecule has 0 amide bonds. The molecule has 2 aromatic rings. The minimum absolute atomic E-state index is 0.0621. The summed E-state index contributed by atoms with van der Waals surface area (Å²) in [6.07, 6.45) is 2.52.